The molecule has 6 nitrogen and oxygen atoms in total. The molecule has 0 bridgehead atoms. The topological polar surface area (TPSA) is 84.8 Å². The third kappa shape index (κ3) is 3.28. The van der Waals surface area contributed by atoms with Crippen LogP contribution in [0.5, 0.6) is 0 Å². The van der Waals surface area contributed by atoms with Gasteiger partial charge >= 0.3 is 0 Å². The van der Waals surface area contributed by atoms with Crippen LogP contribution in [0.3, 0.4) is 0 Å². The molecule has 148 valence electrons. The van der Waals surface area contributed by atoms with E-state index in [0.29, 0.717) is 32.7 Å². The Balaban J connectivity index is 1.75. The van der Waals surface area contributed by atoms with Crippen LogP contribution < -0.4 is 5.56 Å². The van der Waals surface area contributed by atoms with Gasteiger partial charge in [-0.25, -0.2) is 4.98 Å². The normalized spacial score (nSPS) is 11.3. The number of hydrogen-bond acceptors (Lipinski definition) is 6. The molecule has 4 aromatic rings. The Labute approximate surface area is 174 Å². The summed E-state index contributed by atoms with van der Waals surface area (Å²) in [5.41, 5.74) is 2.79. The molecule has 0 amide bonds. The van der Waals surface area contributed by atoms with Crippen LogP contribution in [0.4, 0.5) is 0 Å². The maximum absolute atomic E-state index is 13.1. The number of ketones is 2. The minimum Gasteiger partial charge on any atom is -0.355 e. The molecule has 0 spiro atoms. The van der Waals surface area contributed by atoms with Crippen LogP contribution in [0, 0.1) is 20.8 Å². The van der Waals surface area contributed by atoms with E-state index in [9.17, 15) is 14.4 Å². The molecular weight excluding hydrogens is 406 g/mol. The van der Waals surface area contributed by atoms with Gasteiger partial charge in [0.1, 0.15) is 4.83 Å². The summed E-state index contributed by atoms with van der Waals surface area (Å²) in [6.45, 7) is 6.87. The van der Waals surface area contributed by atoms with Gasteiger partial charge in [-0.2, -0.15) is 0 Å². The average Bonchev–Trinajstić information content (AvgIpc) is 3.34. The smallest absolute Gasteiger partial charge is 0.263 e. The fourth-order valence-electron chi connectivity index (χ4n) is 3.63. The molecule has 4 aromatic heterocycles. The van der Waals surface area contributed by atoms with Crippen molar-refractivity contribution in [1.29, 1.82) is 0 Å². The van der Waals surface area contributed by atoms with Gasteiger partial charge in [0, 0.05) is 32.0 Å². The van der Waals surface area contributed by atoms with Gasteiger partial charge in [-0.05, 0) is 45.4 Å². The van der Waals surface area contributed by atoms with Crippen molar-refractivity contribution >= 4 is 44.5 Å². The minimum atomic E-state index is -0.259. The van der Waals surface area contributed by atoms with Gasteiger partial charge in [-0.1, -0.05) is 0 Å². The Morgan fingerprint density at radius 3 is 2.59 bits per heavy atom. The molecule has 0 atom stereocenters. The molecule has 4 heterocycles. The van der Waals surface area contributed by atoms with E-state index in [-0.39, 0.29) is 23.7 Å². The Hall–Kier alpha value is -2.84. The Morgan fingerprint density at radius 1 is 1.21 bits per heavy atom. The third-order valence-corrected chi connectivity index (χ3v) is 6.87. The third-order valence-electron chi connectivity index (χ3n) is 4.95. The average molecular weight is 426 g/mol. The first-order valence-electron chi connectivity index (χ1n) is 9.04. The predicted molar refractivity (Wildman–Crippen MR) is 117 cm³/mol. The lowest BCUT2D eigenvalue weighted by Gasteiger charge is -2.05. The molecule has 0 saturated heterocycles. The molecular formula is C21H19N3O3S2. The second kappa shape index (κ2) is 7.20. The zero-order valence-corrected chi connectivity index (χ0v) is 18.1. The Kier molecular flexibility index (Phi) is 4.84. The van der Waals surface area contributed by atoms with Gasteiger partial charge in [0.25, 0.3) is 5.56 Å². The van der Waals surface area contributed by atoms with E-state index < -0.39 is 0 Å². The van der Waals surface area contributed by atoms with Crippen molar-refractivity contribution in [3.8, 4) is 10.4 Å². The quantitative estimate of drug-likeness (QED) is 0.476. The molecule has 0 aliphatic carbocycles. The Bertz CT molecular complexity index is 1340. The number of carbonyl (C=O) groups excluding carboxylic acids is 2. The summed E-state index contributed by atoms with van der Waals surface area (Å²) in [6, 6.07) is 4.02. The summed E-state index contributed by atoms with van der Waals surface area (Å²) in [4.78, 5) is 48.1. The van der Waals surface area contributed by atoms with Crippen LogP contribution in [-0.2, 0) is 6.54 Å². The standard InChI is InChI=1S/C21H19N3O3S2/c1-10-5-6-16(29-10)14-8-28-20-18(14)21(27)24(9-22-20)7-15(26)19-11(2)17(13(4)25)12(3)23-19/h5-6,8-9,23H,7H2,1-4H3. The molecule has 0 radical (unpaired) electrons. The summed E-state index contributed by atoms with van der Waals surface area (Å²) in [5.74, 6) is -0.352. The predicted octanol–water partition coefficient (Wildman–Crippen LogP) is 4.53. The van der Waals surface area contributed by atoms with Crippen LogP contribution in [0.25, 0.3) is 20.7 Å². The molecule has 29 heavy (non-hydrogen) atoms. The Morgan fingerprint density at radius 2 is 1.97 bits per heavy atom. The SMILES string of the molecule is CC(=O)c1c(C)[nH]c(C(=O)Cn2cnc3scc(-c4ccc(C)s4)c3c2=O)c1C. The van der Waals surface area contributed by atoms with E-state index >= 15 is 0 Å². The largest absolute Gasteiger partial charge is 0.355 e. The van der Waals surface area contributed by atoms with Crippen LogP contribution in [0.15, 0.2) is 28.6 Å². The van der Waals surface area contributed by atoms with Gasteiger partial charge < -0.3 is 4.98 Å². The second-order valence-corrected chi connectivity index (χ2v) is 9.17. The number of fused-ring (bicyclic) bond motifs is 1. The van der Waals surface area contributed by atoms with Crippen molar-refractivity contribution in [2.24, 2.45) is 0 Å². The number of aromatic amines is 1. The summed E-state index contributed by atoms with van der Waals surface area (Å²) in [6.07, 6.45) is 1.42. The fourth-order valence-corrected chi connectivity index (χ4v) is 5.49. The maximum atomic E-state index is 13.1. The van der Waals surface area contributed by atoms with Gasteiger partial charge in [0.2, 0.25) is 0 Å². The number of aryl methyl sites for hydroxylation is 2. The summed E-state index contributed by atoms with van der Waals surface area (Å²) < 4.78 is 1.34. The first-order valence-corrected chi connectivity index (χ1v) is 10.7. The lowest BCUT2D eigenvalue weighted by Crippen LogP contribution is -2.25. The van der Waals surface area contributed by atoms with Crippen LogP contribution in [-0.4, -0.2) is 26.1 Å². The molecule has 0 unspecified atom stereocenters. The molecule has 0 aromatic carbocycles. The highest BCUT2D eigenvalue weighted by atomic mass is 32.1. The second-order valence-electron chi connectivity index (χ2n) is 7.02. The number of thiophene rings is 2. The number of Topliss-reactive ketones (excluding diaryl/α,β-unsaturated/α-hetero) is 2. The van der Waals surface area contributed by atoms with E-state index in [2.05, 4.69) is 9.97 Å². The van der Waals surface area contributed by atoms with Crippen molar-refractivity contribution in [1.82, 2.24) is 14.5 Å². The lowest BCUT2D eigenvalue weighted by molar-refractivity contribution is 0.0965. The number of hydrogen-bond donors (Lipinski definition) is 1. The number of H-pyrrole nitrogens is 1. The molecule has 0 aliphatic rings. The number of carbonyl (C=O) groups is 2. The van der Waals surface area contributed by atoms with Crippen molar-refractivity contribution in [3.05, 3.63) is 61.6 Å². The summed E-state index contributed by atoms with van der Waals surface area (Å²) >= 11 is 3.04. The number of nitrogens with zero attached hydrogens (tertiary/aromatic N) is 2. The fraction of sp³-hybridized carbons (Fsp3) is 0.238. The van der Waals surface area contributed by atoms with E-state index in [4.69, 9.17) is 0 Å². The van der Waals surface area contributed by atoms with E-state index in [1.54, 1.807) is 25.2 Å². The van der Waals surface area contributed by atoms with Gasteiger partial charge in [0.05, 0.1) is 24.0 Å². The molecule has 0 fully saturated rings. The maximum Gasteiger partial charge on any atom is 0.263 e. The molecule has 0 saturated carbocycles. The molecule has 4 rings (SSSR count). The monoisotopic (exact) mass is 425 g/mol. The van der Waals surface area contributed by atoms with Crippen LogP contribution in [0.1, 0.15) is 43.9 Å². The number of aromatic nitrogens is 3. The van der Waals surface area contributed by atoms with Crippen molar-refractivity contribution in [3.63, 3.8) is 0 Å². The van der Waals surface area contributed by atoms with E-state index in [0.717, 1.165) is 15.3 Å². The highest BCUT2D eigenvalue weighted by Gasteiger charge is 2.21. The molecule has 8 heteroatoms. The number of rotatable bonds is 5. The first-order chi connectivity index (χ1) is 13.8. The highest BCUT2D eigenvalue weighted by Crippen LogP contribution is 2.34. The molecule has 0 aliphatic heterocycles. The van der Waals surface area contributed by atoms with Crippen LogP contribution >= 0.6 is 22.7 Å². The van der Waals surface area contributed by atoms with Gasteiger partial charge in [-0.15, -0.1) is 22.7 Å². The molecule has 1 N–H and O–H groups in total. The first kappa shape index (κ1) is 19.5. The zero-order valence-electron chi connectivity index (χ0n) is 16.5. The number of nitrogens with one attached hydrogen (secondary N) is 1. The lowest BCUT2D eigenvalue weighted by atomic mass is 10.1. The van der Waals surface area contributed by atoms with Crippen molar-refractivity contribution in [2.45, 2.75) is 34.2 Å². The van der Waals surface area contributed by atoms with Crippen molar-refractivity contribution in [2.75, 3.05) is 0 Å². The highest BCUT2D eigenvalue weighted by molar-refractivity contribution is 7.19. The minimum absolute atomic E-state index is 0.0929. The van der Waals surface area contributed by atoms with E-state index in [1.165, 1.54) is 29.2 Å². The summed E-state index contributed by atoms with van der Waals surface area (Å²) in [7, 11) is 0. The summed E-state index contributed by atoms with van der Waals surface area (Å²) in [5, 5.41) is 2.48. The van der Waals surface area contributed by atoms with Gasteiger partial charge in [-0.3, -0.25) is 19.0 Å². The van der Waals surface area contributed by atoms with Gasteiger partial charge in [0.15, 0.2) is 11.6 Å². The van der Waals surface area contributed by atoms with Crippen molar-refractivity contribution < 1.29 is 9.59 Å². The van der Waals surface area contributed by atoms with E-state index in [1.807, 2.05) is 24.4 Å². The van der Waals surface area contributed by atoms with Crippen LogP contribution in [0.2, 0.25) is 0 Å². The zero-order chi connectivity index (χ0) is 20.9.